The summed E-state index contributed by atoms with van der Waals surface area (Å²) in [6, 6.07) is 11.3. The zero-order valence-electron chi connectivity index (χ0n) is 12.4. The summed E-state index contributed by atoms with van der Waals surface area (Å²) in [5, 5.41) is 5.04. The monoisotopic (exact) mass is 271 g/mol. The van der Waals surface area contributed by atoms with E-state index in [0.29, 0.717) is 0 Å². The van der Waals surface area contributed by atoms with Crippen LogP contribution >= 0.6 is 0 Å². The number of para-hydroxylation sites is 1. The first-order valence-corrected chi connectivity index (χ1v) is 9.20. The van der Waals surface area contributed by atoms with Crippen molar-refractivity contribution in [3.63, 3.8) is 0 Å². The highest BCUT2D eigenvalue weighted by Crippen LogP contribution is 2.15. The van der Waals surface area contributed by atoms with E-state index >= 15 is 0 Å². The van der Waals surface area contributed by atoms with Gasteiger partial charge in [-0.2, -0.15) is 0 Å². The Morgan fingerprint density at radius 1 is 1.16 bits per heavy atom. The number of rotatable bonds is 7. The average molecular weight is 271 g/mol. The van der Waals surface area contributed by atoms with Crippen LogP contribution in [-0.2, 0) is 0 Å². The Balaban J connectivity index is 3.14. The van der Waals surface area contributed by atoms with Crippen molar-refractivity contribution in [2.75, 3.05) is 5.32 Å². The largest absolute Gasteiger partial charge is 0.355 e. The minimum Gasteiger partial charge on any atom is -0.355 e. The van der Waals surface area contributed by atoms with Crippen molar-refractivity contribution < 1.29 is 0 Å². The second-order valence-electron chi connectivity index (χ2n) is 4.73. The molecule has 0 aliphatic rings. The number of allylic oxidation sites excluding steroid dienone is 3. The predicted molar refractivity (Wildman–Crippen MR) is 90.9 cm³/mol. The summed E-state index contributed by atoms with van der Waals surface area (Å²) in [6.07, 6.45) is 3.73. The summed E-state index contributed by atoms with van der Waals surface area (Å²) in [6.45, 7) is 14.4. The van der Waals surface area contributed by atoms with Crippen molar-refractivity contribution in [3.8, 4) is 0 Å². The van der Waals surface area contributed by atoms with Gasteiger partial charge < -0.3 is 5.32 Å². The molecule has 0 amide bonds. The van der Waals surface area contributed by atoms with Crippen LogP contribution in [0.2, 0.25) is 12.1 Å². The van der Waals surface area contributed by atoms with E-state index in [4.69, 9.17) is 0 Å². The normalized spacial score (nSPS) is 12.0. The van der Waals surface area contributed by atoms with Crippen molar-refractivity contribution in [2.45, 2.75) is 32.9 Å². The van der Waals surface area contributed by atoms with E-state index in [9.17, 15) is 0 Å². The Morgan fingerprint density at radius 2 is 1.79 bits per heavy atom. The van der Waals surface area contributed by atoms with Crippen LogP contribution in [0, 0.1) is 0 Å². The fourth-order valence-electron chi connectivity index (χ4n) is 2.26. The lowest BCUT2D eigenvalue weighted by atomic mass is 10.2. The summed E-state index contributed by atoms with van der Waals surface area (Å²) < 4.78 is 0. The second-order valence-corrected chi connectivity index (χ2v) is 8.38. The molecule has 102 valence electrons. The van der Waals surface area contributed by atoms with Gasteiger partial charge in [0.1, 0.15) is 0 Å². The maximum absolute atomic E-state index is 3.88. The average Bonchev–Trinajstić information content (AvgIpc) is 2.46. The van der Waals surface area contributed by atoms with E-state index in [-0.39, 0.29) is 0 Å². The molecule has 0 saturated heterocycles. The molecule has 0 bridgehead atoms. The van der Waals surface area contributed by atoms with Gasteiger partial charge in [0.05, 0.1) is 8.80 Å². The van der Waals surface area contributed by atoms with Crippen molar-refractivity contribution in [2.24, 2.45) is 0 Å². The molecule has 1 rings (SSSR count). The van der Waals surface area contributed by atoms with Crippen LogP contribution in [0.3, 0.4) is 0 Å². The fourth-order valence-corrected chi connectivity index (χ4v) is 4.71. The quantitative estimate of drug-likeness (QED) is 0.578. The highest BCUT2D eigenvalue weighted by Gasteiger charge is 2.13. The van der Waals surface area contributed by atoms with Crippen LogP contribution in [0.1, 0.15) is 20.8 Å². The molecule has 1 aromatic rings. The third-order valence-corrected chi connectivity index (χ3v) is 6.95. The van der Waals surface area contributed by atoms with Gasteiger partial charge in [0.2, 0.25) is 0 Å². The SMILES string of the molecule is C=C/C(C)=C(\C=C)Nc1ccccc1[SiH](CC)CC. The summed E-state index contributed by atoms with van der Waals surface area (Å²) in [7, 11) is -0.845. The Labute approximate surface area is 119 Å². The number of hydrogen-bond donors (Lipinski definition) is 1. The maximum Gasteiger partial charge on any atom is 0.0730 e. The lowest BCUT2D eigenvalue weighted by molar-refractivity contribution is 1.32. The van der Waals surface area contributed by atoms with Gasteiger partial charge in [0.15, 0.2) is 0 Å². The highest BCUT2D eigenvalue weighted by atomic mass is 28.3. The van der Waals surface area contributed by atoms with Crippen molar-refractivity contribution in [1.29, 1.82) is 0 Å². The van der Waals surface area contributed by atoms with Gasteiger partial charge in [-0.05, 0) is 29.8 Å². The van der Waals surface area contributed by atoms with E-state index in [2.05, 4.69) is 56.6 Å². The molecule has 0 heterocycles. The molecule has 1 nitrogen and oxygen atoms in total. The number of benzene rings is 1. The van der Waals surface area contributed by atoms with Gasteiger partial charge >= 0.3 is 0 Å². The fraction of sp³-hybridized carbons (Fsp3) is 0.294. The molecule has 0 spiro atoms. The molecule has 0 aliphatic carbocycles. The lowest BCUT2D eigenvalue weighted by Crippen LogP contribution is -2.30. The molecule has 0 atom stereocenters. The molecule has 0 saturated carbocycles. The van der Waals surface area contributed by atoms with E-state index in [1.807, 2.05) is 19.1 Å². The smallest absolute Gasteiger partial charge is 0.0730 e. The van der Waals surface area contributed by atoms with Crippen LogP contribution in [0.25, 0.3) is 0 Å². The summed E-state index contributed by atoms with van der Waals surface area (Å²) >= 11 is 0. The zero-order chi connectivity index (χ0) is 14.3. The van der Waals surface area contributed by atoms with E-state index in [0.717, 1.165) is 11.3 Å². The first kappa shape index (κ1) is 15.5. The van der Waals surface area contributed by atoms with E-state index in [1.54, 1.807) is 0 Å². The van der Waals surface area contributed by atoms with Crippen molar-refractivity contribution in [1.82, 2.24) is 0 Å². The highest BCUT2D eigenvalue weighted by molar-refractivity contribution is 6.74. The molecule has 19 heavy (non-hydrogen) atoms. The molecule has 1 aromatic carbocycles. The first-order chi connectivity index (χ1) is 9.17. The Morgan fingerprint density at radius 3 is 2.32 bits per heavy atom. The number of hydrogen-bond acceptors (Lipinski definition) is 1. The van der Waals surface area contributed by atoms with Crippen LogP contribution in [0.15, 0.2) is 60.8 Å². The van der Waals surface area contributed by atoms with E-state index < -0.39 is 8.80 Å². The van der Waals surface area contributed by atoms with Gasteiger partial charge in [0, 0.05) is 11.4 Å². The van der Waals surface area contributed by atoms with E-state index in [1.165, 1.54) is 23.0 Å². The molecular weight excluding hydrogens is 246 g/mol. The minimum atomic E-state index is -0.845. The molecule has 0 radical (unpaired) electrons. The molecule has 1 N–H and O–H groups in total. The van der Waals surface area contributed by atoms with Gasteiger partial charge in [-0.25, -0.2) is 0 Å². The topological polar surface area (TPSA) is 12.0 Å². The first-order valence-electron chi connectivity index (χ1n) is 6.99. The zero-order valence-corrected chi connectivity index (χ0v) is 13.5. The van der Waals surface area contributed by atoms with Gasteiger partial charge in [-0.15, -0.1) is 0 Å². The van der Waals surface area contributed by atoms with Crippen LogP contribution in [0.5, 0.6) is 0 Å². The van der Waals surface area contributed by atoms with Gasteiger partial charge in [-0.3, -0.25) is 0 Å². The Bertz CT molecular complexity index is 470. The van der Waals surface area contributed by atoms with Crippen LogP contribution in [0.4, 0.5) is 5.69 Å². The van der Waals surface area contributed by atoms with Gasteiger partial charge in [-0.1, -0.05) is 63.4 Å². The maximum atomic E-state index is 3.88. The molecule has 0 unspecified atom stereocenters. The van der Waals surface area contributed by atoms with Crippen molar-refractivity contribution >= 4 is 19.7 Å². The Hall–Kier alpha value is -1.54. The number of anilines is 1. The summed E-state index contributed by atoms with van der Waals surface area (Å²) in [4.78, 5) is 0. The predicted octanol–water partition coefficient (Wildman–Crippen LogP) is 4.22. The van der Waals surface area contributed by atoms with Crippen LogP contribution in [-0.4, -0.2) is 8.80 Å². The van der Waals surface area contributed by atoms with Gasteiger partial charge in [0.25, 0.3) is 0 Å². The molecule has 0 aliphatic heterocycles. The molecule has 0 fully saturated rings. The molecule has 0 aromatic heterocycles. The Kier molecular flexibility index (Phi) is 6.37. The van der Waals surface area contributed by atoms with Crippen LogP contribution < -0.4 is 10.5 Å². The summed E-state index contributed by atoms with van der Waals surface area (Å²) in [5.74, 6) is 0. The third kappa shape index (κ3) is 3.96. The van der Waals surface area contributed by atoms with Crippen molar-refractivity contribution in [3.05, 3.63) is 60.8 Å². The molecular formula is C17H25NSi. The second kappa shape index (κ2) is 7.80. The lowest BCUT2D eigenvalue weighted by Gasteiger charge is -2.18. The standard InChI is InChI=1S/C17H25NSi/c1-6-14(5)15(7-2)18-16-12-10-11-13-17(16)19(8-3)9-4/h6-7,10-13,18-19H,1-2,8-9H2,3-5H3/b15-14+. The molecule has 2 heteroatoms. The summed E-state index contributed by atoms with van der Waals surface area (Å²) in [5.41, 5.74) is 3.40. The third-order valence-electron chi connectivity index (χ3n) is 3.59. The number of nitrogens with one attached hydrogen (secondary N) is 1. The minimum absolute atomic E-state index is 0.845.